The number of nitrogens with two attached hydrogens (primary N) is 1. The minimum atomic E-state index is 0.0653. The first kappa shape index (κ1) is 13.9. The minimum Gasteiger partial charge on any atom is -0.382 e. The van der Waals surface area contributed by atoms with Gasteiger partial charge in [-0.3, -0.25) is 9.48 Å². The number of amides is 1. The summed E-state index contributed by atoms with van der Waals surface area (Å²) in [6.07, 6.45) is 3.86. The molecule has 0 spiro atoms. The molecule has 2 N–H and O–H groups in total. The second-order valence-corrected chi connectivity index (χ2v) is 5.75. The Balaban J connectivity index is 1.69. The second kappa shape index (κ2) is 5.77. The van der Waals surface area contributed by atoms with Crippen LogP contribution in [-0.2, 0) is 17.9 Å². The summed E-state index contributed by atoms with van der Waals surface area (Å²) >= 11 is 5.89. The molecular formula is C15H17ClN4O. The molecule has 1 aromatic carbocycles. The molecule has 5 nitrogen and oxygen atoms in total. The summed E-state index contributed by atoms with van der Waals surface area (Å²) in [7, 11) is 0. The summed E-state index contributed by atoms with van der Waals surface area (Å²) in [4.78, 5) is 14.4. The molecule has 0 aliphatic heterocycles. The van der Waals surface area contributed by atoms with Gasteiger partial charge < -0.3 is 10.6 Å². The summed E-state index contributed by atoms with van der Waals surface area (Å²) in [5.41, 5.74) is 6.65. The number of anilines is 1. The topological polar surface area (TPSA) is 64.2 Å². The van der Waals surface area contributed by atoms with E-state index in [0.717, 1.165) is 18.4 Å². The lowest BCUT2D eigenvalue weighted by Crippen LogP contribution is -2.35. The highest BCUT2D eigenvalue weighted by atomic mass is 35.5. The van der Waals surface area contributed by atoms with E-state index in [-0.39, 0.29) is 12.5 Å². The maximum Gasteiger partial charge on any atom is 0.244 e. The third kappa shape index (κ3) is 3.55. The van der Waals surface area contributed by atoms with Gasteiger partial charge in [-0.25, -0.2) is 0 Å². The molecule has 3 rings (SSSR count). The molecule has 0 saturated heterocycles. The van der Waals surface area contributed by atoms with Gasteiger partial charge in [0.1, 0.15) is 12.4 Å². The molecule has 1 fully saturated rings. The van der Waals surface area contributed by atoms with Crippen molar-refractivity contribution in [1.29, 1.82) is 0 Å². The first-order chi connectivity index (χ1) is 10.1. The Bertz CT molecular complexity index is 633. The Labute approximate surface area is 128 Å². The first-order valence-corrected chi connectivity index (χ1v) is 7.32. The monoisotopic (exact) mass is 304 g/mol. The van der Waals surface area contributed by atoms with Crippen LogP contribution in [0.2, 0.25) is 5.02 Å². The lowest BCUT2D eigenvalue weighted by molar-refractivity contribution is -0.133. The number of carbonyl (C=O) groups excluding carboxylic acids is 1. The quantitative estimate of drug-likeness (QED) is 0.922. The fraction of sp³-hybridized carbons (Fsp3) is 0.333. The van der Waals surface area contributed by atoms with Gasteiger partial charge in [0.25, 0.3) is 0 Å². The average molecular weight is 305 g/mol. The molecule has 1 aliphatic carbocycles. The molecule has 0 atom stereocenters. The van der Waals surface area contributed by atoms with Crippen molar-refractivity contribution in [1.82, 2.24) is 14.7 Å². The van der Waals surface area contributed by atoms with Gasteiger partial charge >= 0.3 is 0 Å². The van der Waals surface area contributed by atoms with Crippen LogP contribution in [0.15, 0.2) is 36.5 Å². The molecular weight excluding hydrogens is 288 g/mol. The molecule has 6 heteroatoms. The van der Waals surface area contributed by atoms with Gasteiger partial charge in [0.05, 0.1) is 0 Å². The first-order valence-electron chi connectivity index (χ1n) is 6.94. The van der Waals surface area contributed by atoms with E-state index >= 15 is 0 Å². The Kier molecular flexibility index (Phi) is 3.84. The summed E-state index contributed by atoms with van der Waals surface area (Å²) in [6.45, 7) is 0.832. The van der Waals surface area contributed by atoms with Gasteiger partial charge in [-0.05, 0) is 36.6 Å². The molecule has 1 amide bonds. The fourth-order valence-corrected chi connectivity index (χ4v) is 2.41. The zero-order valence-corrected chi connectivity index (χ0v) is 12.3. The van der Waals surface area contributed by atoms with E-state index in [2.05, 4.69) is 5.10 Å². The normalized spacial score (nSPS) is 14.1. The van der Waals surface area contributed by atoms with Gasteiger partial charge in [-0.15, -0.1) is 0 Å². The molecule has 21 heavy (non-hydrogen) atoms. The van der Waals surface area contributed by atoms with Crippen LogP contribution in [-0.4, -0.2) is 26.6 Å². The van der Waals surface area contributed by atoms with Crippen LogP contribution in [0.1, 0.15) is 18.4 Å². The van der Waals surface area contributed by atoms with Crippen molar-refractivity contribution >= 4 is 23.3 Å². The highest BCUT2D eigenvalue weighted by Gasteiger charge is 2.32. The summed E-state index contributed by atoms with van der Waals surface area (Å²) in [6, 6.07) is 9.64. The maximum atomic E-state index is 12.5. The lowest BCUT2D eigenvalue weighted by Gasteiger charge is -2.22. The molecule has 0 radical (unpaired) electrons. The molecule has 1 aromatic heterocycles. The van der Waals surface area contributed by atoms with E-state index in [1.807, 2.05) is 29.2 Å². The van der Waals surface area contributed by atoms with Crippen molar-refractivity contribution in [3.8, 4) is 0 Å². The summed E-state index contributed by atoms with van der Waals surface area (Å²) in [5, 5.41) is 4.76. The Morgan fingerprint density at radius 2 is 2.05 bits per heavy atom. The van der Waals surface area contributed by atoms with E-state index < -0.39 is 0 Å². The highest BCUT2D eigenvalue weighted by Crippen LogP contribution is 2.29. The van der Waals surface area contributed by atoms with E-state index in [4.69, 9.17) is 17.3 Å². The number of halogens is 1. The number of aromatic nitrogens is 2. The Hall–Kier alpha value is -2.01. The van der Waals surface area contributed by atoms with Crippen molar-refractivity contribution in [3.05, 3.63) is 47.1 Å². The average Bonchev–Trinajstić information content (AvgIpc) is 3.21. The van der Waals surface area contributed by atoms with Crippen LogP contribution in [0, 0.1) is 0 Å². The van der Waals surface area contributed by atoms with Crippen LogP contribution >= 0.6 is 11.6 Å². The number of hydrogen-bond acceptors (Lipinski definition) is 3. The number of nitrogens with zero attached hydrogens (tertiary/aromatic N) is 3. The standard InChI is InChI=1S/C15H17ClN4O/c16-12-3-1-11(2-4-12)9-20(13-5-6-13)15(21)10-19-8-7-14(17)18-19/h1-4,7-8,13H,5-6,9-10H2,(H2,17,18). The summed E-state index contributed by atoms with van der Waals surface area (Å²) in [5.74, 6) is 0.494. The van der Waals surface area contributed by atoms with Crippen LogP contribution in [0.5, 0.6) is 0 Å². The fourth-order valence-electron chi connectivity index (χ4n) is 2.29. The Morgan fingerprint density at radius 1 is 1.33 bits per heavy atom. The van der Waals surface area contributed by atoms with Gasteiger partial charge in [-0.1, -0.05) is 23.7 Å². The number of nitrogen functional groups attached to an aromatic ring is 1. The van der Waals surface area contributed by atoms with Crippen molar-refractivity contribution in [2.75, 3.05) is 5.73 Å². The lowest BCUT2D eigenvalue weighted by atomic mass is 10.2. The van der Waals surface area contributed by atoms with E-state index in [0.29, 0.717) is 23.4 Å². The summed E-state index contributed by atoms with van der Waals surface area (Å²) < 4.78 is 1.58. The third-order valence-corrected chi connectivity index (χ3v) is 3.78. The Morgan fingerprint density at radius 3 is 2.62 bits per heavy atom. The molecule has 2 aromatic rings. The molecule has 0 unspecified atom stereocenters. The zero-order valence-electron chi connectivity index (χ0n) is 11.6. The van der Waals surface area contributed by atoms with E-state index in [1.165, 1.54) is 0 Å². The SMILES string of the molecule is Nc1ccn(CC(=O)N(Cc2ccc(Cl)cc2)C2CC2)n1. The third-order valence-electron chi connectivity index (χ3n) is 3.53. The molecule has 0 bridgehead atoms. The molecule has 1 heterocycles. The van der Waals surface area contributed by atoms with Crippen molar-refractivity contribution in [2.24, 2.45) is 0 Å². The zero-order chi connectivity index (χ0) is 14.8. The van der Waals surface area contributed by atoms with Gasteiger partial charge in [-0.2, -0.15) is 5.10 Å². The van der Waals surface area contributed by atoms with Crippen molar-refractivity contribution in [2.45, 2.75) is 32.0 Å². The van der Waals surface area contributed by atoms with Crippen LogP contribution in [0.25, 0.3) is 0 Å². The second-order valence-electron chi connectivity index (χ2n) is 5.32. The largest absolute Gasteiger partial charge is 0.382 e. The van der Waals surface area contributed by atoms with Crippen molar-refractivity contribution in [3.63, 3.8) is 0 Å². The number of hydrogen-bond donors (Lipinski definition) is 1. The van der Waals surface area contributed by atoms with Crippen LogP contribution in [0.3, 0.4) is 0 Å². The smallest absolute Gasteiger partial charge is 0.244 e. The number of rotatable bonds is 5. The predicted molar refractivity (Wildman–Crippen MR) is 81.7 cm³/mol. The van der Waals surface area contributed by atoms with Crippen molar-refractivity contribution < 1.29 is 4.79 Å². The molecule has 1 saturated carbocycles. The molecule has 1 aliphatic rings. The van der Waals surface area contributed by atoms with Crippen LogP contribution < -0.4 is 5.73 Å². The number of carbonyl (C=O) groups is 1. The highest BCUT2D eigenvalue weighted by molar-refractivity contribution is 6.30. The van der Waals surface area contributed by atoms with Crippen LogP contribution in [0.4, 0.5) is 5.82 Å². The van der Waals surface area contributed by atoms with E-state index in [1.54, 1.807) is 16.9 Å². The van der Waals surface area contributed by atoms with E-state index in [9.17, 15) is 4.79 Å². The van der Waals surface area contributed by atoms with Gasteiger partial charge in [0.15, 0.2) is 0 Å². The van der Waals surface area contributed by atoms with Gasteiger partial charge in [0.2, 0.25) is 5.91 Å². The minimum absolute atomic E-state index is 0.0653. The predicted octanol–water partition coefficient (Wildman–Crippen LogP) is 2.31. The van der Waals surface area contributed by atoms with Gasteiger partial charge in [0, 0.05) is 23.8 Å². The number of benzene rings is 1. The molecule has 110 valence electrons. The maximum absolute atomic E-state index is 12.5.